The zero-order chi connectivity index (χ0) is 16.4. The highest BCUT2D eigenvalue weighted by Crippen LogP contribution is 2.29. The summed E-state index contributed by atoms with van der Waals surface area (Å²) in [7, 11) is 1.68. The van der Waals surface area contributed by atoms with E-state index in [1.807, 2.05) is 12.1 Å². The zero-order valence-electron chi connectivity index (χ0n) is 13.7. The maximum atomic E-state index is 11.4. The second kappa shape index (κ2) is 6.59. The van der Waals surface area contributed by atoms with Crippen LogP contribution < -0.4 is 4.74 Å². The monoisotopic (exact) mass is 313 g/mol. The first-order valence-electron chi connectivity index (χ1n) is 8.17. The molecule has 3 rings (SSSR count). The van der Waals surface area contributed by atoms with Crippen LogP contribution in [0.2, 0.25) is 0 Å². The summed E-state index contributed by atoms with van der Waals surface area (Å²) in [6, 6.07) is 12.6. The second-order valence-corrected chi connectivity index (χ2v) is 6.38. The molecule has 1 amide bonds. The predicted molar refractivity (Wildman–Crippen MR) is 89.8 cm³/mol. The van der Waals surface area contributed by atoms with Crippen LogP contribution in [0.15, 0.2) is 36.4 Å². The first-order chi connectivity index (χ1) is 11.1. The van der Waals surface area contributed by atoms with Crippen molar-refractivity contribution >= 4 is 16.7 Å². The zero-order valence-corrected chi connectivity index (χ0v) is 13.7. The fourth-order valence-electron chi connectivity index (χ4n) is 3.28. The second-order valence-electron chi connectivity index (χ2n) is 6.38. The number of hydroxylamine groups is 2. The van der Waals surface area contributed by atoms with Crippen molar-refractivity contribution in [2.24, 2.45) is 0 Å². The minimum atomic E-state index is -0.151. The molecule has 2 aromatic carbocycles. The van der Waals surface area contributed by atoms with E-state index in [0.717, 1.165) is 30.1 Å². The van der Waals surface area contributed by atoms with Gasteiger partial charge in [-0.05, 0) is 53.6 Å². The molecular formula is C19H23NO3. The van der Waals surface area contributed by atoms with Gasteiger partial charge in [-0.1, -0.05) is 31.2 Å². The molecule has 1 heterocycles. The minimum Gasteiger partial charge on any atom is -0.497 e. The molecule has 1 N–H and O–H groups in total. The summed E-state index contributed by atoms with van der Waals surface area (Å²) in [5.41, 5.74) is 1.29. The Bertz CT molecular complexity index is 713. The van der Waals surface area contributed by atoms with E-state index in [2.05, 4.69) is 31.2 Å². The number of hydrogen-bond acceptors (Lipinski definition) is 3. The number of ether oxygens (including phenoxy) is 1. The molecule has 122 valence electrons. The summed E-state index contributed by atoms with van der Waals surface area (Å²) in [6.45, 7) is 2.20. The van der Waals surface area contributed by atoms with E-state index in [1.165, 1.54) is 16.3 Å². The van der Waals surface area contributed by atoms with Gasteiger partial charge in [0.15, 0.2) is 0 Å². The highest BCUT2D eigenvalue weighted by Gasteiger charge is 2.29. The smallest absolute Gasteiger partial charge is 0.246 e. The lowest BCUT2D eigenvalue weighted by molar-refractivity contribution is -0.165. The molecule has 0 aromatic heterocycles. The highest BCUT2D eigenvalue weighted by atomic mass is 16.5. The molecule has 4 nitrogen and oxygen atoms in total. The lowest BCUT2D eigenvalue weighted by atomic mass is 9.92. The van der Waals surface area contributed by atoms with Gasteiger partial charge >= 0.3 is 0 Å². The Morgan fingerprint density at radius 1 is 1.26 bits per heavy atom. The van der Waals surface area contributed by atoms with Crippen molar-refractivity contribution in [2.45, 2.75) is 44.6 Å². The van der Waals surface area contributed by atoms with Gasteiger partial charge in [0.1, 0.15) is 5.75 Å². The Kier molecular flexibility index (Phi) is 4.53. The molecule has 1 aliphatic heterocycles. The Balaban J connectivity index is 1.68. The normalized spacial score (nSPS) is 19.3. The molecular weight excluding hydrogens is 290 g/mol. The fraction of sp³-hybridized carbons (Fsp3) is 0.421. The number of nitrogens with zero attached hydrogens (tertiary/aromatic N) is 1. The lowest BCUT2D eigenvalue weighted by Gasteiger charge is -2.20. The molecule has 23 heavy (non-hydrogen) atoms. The van der Waals surface area contributed by atoms with Gasteiger partial charge in [-0.2, -0.15) is 0 Å². The van der Waals surface area contributed by atoms with Crippen LogP contribution in [-0.4, -0.2) is 29.3 Å². The van der Waals surface area contributed by atoms with Gasteiger partial charge in [0.05, 0.1) is 13.2 Å². The summed E-state index contributed by atoms with van der Waals surface area (Å²) in [4.78, 5) is 11.4. The maximum absolute atomic E-state index is 11.4. The summed E-state index contributed by atoms with van der Waals surface area (Å²) in [6.07, 6.45) is 3.02. The number of amides is 1. The van der Waals surface area contributed by atoms with Crippen LogP contribution in [-0.2, 0) is 4.79 Å². The molecule has 2 aromatic rings. The quantitative estimate of drug-likeness (QED) is 0.845. The van der Waals surface area contributed by atoms with Gasteiger partial charge in [-0.3, -0.25) is 10.0 Å². The number of methoxy groups -OCH3 is 1. The van der Waals surface area contributed by atoms with Crippen molar-refractivity contribution in [1.29, 1.82) is 0 Å². The van der Waals surface area contributed by atoms with Crippen LogP contribution in [0, 0.1) is 0 Å². The molecule has 1 fully saturated rings. The largest absolute Gasteiger partial charge is 0.497 e. The minimum absolute atomic E-state index is 0.0188. The third-order valence-electron chi connectivity index (χ3n) is 4.87. The molecule has 4 heteroatoms. The molecule has 1 saturated heterocycles. The predicted octanol–water partition coefficient (Wildman–Crippen LogP) is 4.11. The first kappa shape index (κ1) is 15.8. The number of benzene rings is 2. The molecule has 0 saturated carbocycles. The number of fused-ring (bicyclic) bond motifs is 1. The van der Waals surface area contributed by atoms with Crippen LogP contribution in [0.25, 0.3) is 10.8 Å². The van der Waals surface area contributed by atoms with Gasteiger partial charge in [0.2, 0.25) is 5.91 Å². The van der Waals surface area contributed by atoms with E-state index in [-0.39, 0.29) is 11.9 Å². The molecule has 0 radical (unpaired) electrons. The molecule has 1 aliphatic rings. The van der Waals surface area contributed by atoms with Crippen LogP contribution in [0.3, 0.4) is 0 Å². The average molecular weight is 313 g/mol. The van der Waals surface area contributed by atoms with Crippen molar-refractivity contribution in [3.05, 3.63) is 42.0 Å². The van der Waals surface area contributed by atoms with Crippen molar-refractivity contribution < 1.29 is 14.7 Å². The van der Waals surface area contributed by atoms with Crippen LogP contribution in [0.5, 0.6) is 5.75 Å². The van der Waals surface area contributed by atoms with Gasteiger partial charge < -0.3 is 4.74 Å². The average Bonchev–Trinajstić information content (AvgIpc) is 2.90. The number of hydrogen-bond donors (Lipinski definition) is 1. The lowest BCUT2D eigenvalue weighted by Crippen LogP contribution is -2.29. The standard InChI is InChI=1S/C19H23NO3/c1-13(3-7-17-8-10-19(21)20(17)22)14-4-5-16-12-18(23-2)9-6-15(16)11-14/h4-6,9,11-13,17,22H,3,7-8,10H2,1-2H3. The Labute approximate surface area is 136 Å². The summed E-state index contributed by atoms with van der Waals surface area (Å²) < 4.78 is 5.26. The summed E-state index contributed by atoms with van der Waals surface area (Å²) in [5, 5.41) is 13.0. The van der Waals surface area contributed by atoms with Crippen LogP contribution in [0.4, 0.5) is 0 Å². The summed E-state index contributed by atoms with van der Waals surface area (Å²) >= 11 is 0. The molecule has 2 unspecified atom stereocenters. The third kappa shape index (κ3) is 3.32. The Hall–Kier alpha value is -2.07. The maximum Gasteiger partial charge on any atom is 0.246 e. The SMILES string of the molecule is COc1ccc2cc(C(C)CCC3CCC(=O)N3O)ccc2c1. The Morgan fingerprint density at radius 3 is 2.70 bits per heavy atom. The van der Waals surface area contributed by atoms with E-state index in [4.69, 9.17) is 4.74 Å². The van der Waals surface area contributed by atoms with Crippen molar-refractivity contribution in [1.82, 2.24) is 5.06 Å². The van der Waals surface area contributed by atoms with Crippen molar-refractivity contribution in [3.8, 4) is 5.75 Å². The van der Waals surface area contributed by atoms with Gasteiger partial charge in [0.25, 0.3) is 0 Å². The molecule has 2 atom stereocenters. The Morgan fingerprint density at radius 2 is 2.00 bits per heavy atom. The van der Waals surface area contributed by atoms with Crippen molar-refractivity contribution in [2.75, 3.05) is 7.11 Å². The number of carbonyl (C=O) groups is 1. The van der Waals surface area contributed by atoms with Crippen LogP contribution >= 0.6 is 0 Å². The molecule has 0 spiro atoms. The fourth-order valence-corrected chi connectivity index (χ4v) is 3.28. The van der Waals surface area contributed by atoms with Gasteiger partial charge in [0, 0.05) is 6.42 Å². The van der Waals surface area contributed by atoms with E-state index < -0.39 is 0 Å². The first-order valence-corrected chi connectivity index (χ1v) is 8.17. The van der Waals surface area contributed by atoms with Crippen LogP contribution in [0.1, 0.15) is 44.1 Å². The molecule has 0 aliphatic carbocycles. The highest BCUT2D eigenvalue weighted by molar-refractivity contribution is 5.84. The van der Waals surface area contributed by atoms with E-state index in [0.29, 0.717) is 12.3 Å². The van der Waals surface area contributed by atoms with E-state index in [9.17, 15) is 10.0 Å². The van der Waals surface area contributed by atoms with Gasteiger partial charge in [-0.15, -0.1) is 0 Å². The van der Waals surface area contributed by atoms with E-state index in [1.54, 1.807) is 7.11 Å². The number of rotatable bonds is 5. The van der Waals surface area contributed by atoms with Crippen molar-refractivity contribution in [3.63, 3.8) is 0 Å². The third-order valence-corrected chi connectivity index (χ3v) is 4.87. The summed E-state index contributed by atoms with van der Waals surface area (Å²) in [5.74, 6) is 1.11. The number of carbonyl (C=O) groups excluding carboxylic acids is 1. The van der Waals surface area contributed by atoms with E-state index >= 15 is 0 Å². The topological polar surface area (TPSA) is 49.8 Å². The van der Waals surface area contributed by atoms with Gasteiger partial charge in [-0.25, -0.2) is 5.06 Å². The molecule has 0 bridgehead atoms.